The Bertz CT molecular complexity index is 506. The third-order valence-corrected chi connectivity index (χ3v) is 2.99. The van der Waals surface area contributed by atoms with Crippen molar-refractivity contribution >= 4 is 17.6 Å². The van der Waals surface area contributed by atoms with Crippen LogP contribution in [0.5, 0.6) is 0 Å². The average Bonchev–Trinajstić information content (AvgIpc) is 2.36. The van der Waals surface area contributed by atoms with E-state index in [0.29, 0.717) is 0 Å². The molecule has 0 fully saturated rings. The fraction of sp³-hybridized carbons (Fsp3) is 0.286. The fourth-order valence-electron chi connectivity index (χ4n) is 2.14. The summed E-state index contributed by atoms with van der Waals surface area (Å²) in [6.45, 7) is 0. The second-order valence-electron chi connectivity index (χ2n) is 4.35. The van der Waals surface area contributed by atoms with Crippen molar-refractivity contribution in [2.45, 2.75) is 25.7 Å². The highest BCUT2D eigenvalue weighted by atomic mass is 16.4. The van der Waals surface area contributed by atoms with Crippen molar-refractivity contribution in [2.24, 2.45) is 0 Å². The second-order valence-corrected chi connectivity index (χ2v) is 4.35. The highest BCUT2D eigenvalue weighted by Crippen LogP contribution is 2.24. The van der Waals surface area contributed by atoms with Crippen LogP contribution in [0.4, 0.5) is 5.69 Å². The van der Waals surface area contributed by atoms with E-state index in [0.717, 1.165) is 30.7 Å². The van der Waals surface area contributed by atoms with E-state index >= 15 is 0 Å². The third kappa shape index (κ3) is 3.20. The number of carboxylic acids is 1. The maximum atomic E-state index is 11.4. The Morgan fingerprint density at radius 1 is 1.11 bits per heavy atom. The number of hydrogen-bond acceptors (Lipinski definition) is 2. The van der Waals surface area contributed by atoms with Gasteiger partial charge >= 0.3 is 5.97 Å². The molecular weight excluding hydrogens is 230 g/mol. The molecule has 1 aromatic carbocycles. The van der Waals surface area contributed by atoms with Crippen molar-refractivity contribution in [2.75, 3.05) is 5.32 Å². The van der Waals surface area contributed by atoms with E-state index in [-0.39, 0.29) is 0 Å². The van der Waals surface area contributed by atoms with Gasteiger partial charge < -0.3 is 10.4 Å². The number of carboxylic acid groups (broad SMARTS) is 1. The van der Waals surface area contributed by atoms with Crippen LogP contribution in [-0.4, -0.2) is 17.0 Å². The van der Waals surface area contributed by atoms with Gasteiger partial charge in [0.05, 0.1) is 0 Å². The van der Waals surface area contributed by atoms with Gasteiger partial charge in [-0.05, 0) is 48.9 Å². The molecule has 94 valence electrons. The van der Waals surface area contributed by atoms with E-state index in [1.807, 2.05) is 18.2 Å². The van der Waals surface area contributed by atoms with Crippen LogP contribution in [0.3, 0.4) is 0 Å². The van der Waals surface area contributed by atoms with Crippen molar-refractivity contribution in [3.05, 3.63) is 41.5 Å². The van der Waals surface area contributed by atoms with Gasteiger partial charge in [-0.2, -0.15) is 0 Å². The molecule has 0 spiro atoms. The number of aryl methyl sites for hydroxylation is 2. The lowest BCUT2D eigenvalue weighted by Gasteiger charge is -2.16. The van der Waals surface area contributed by atoms with Crippen molar-refractivity contribution < 1.29 is 14.7 Å². The molecule has 2 N–H and O–H groups in total. The molecule has 0 heterocycles. The van der Waals surface area contributed by atoms with Crippen LogP contribution in [0.15, 0.2) is 30.4 Å². The predicted octanol–water partition coefficient (Wildman–Crippen LogP) is 2.14. The molecule has 1 aliphatic carbocycles. The molecule has 0 saturated heterocycles. The molecule has 0 aromatic heterocycles. The van der Waals surface area contributed by atoms with Gasteiger partial charge in [-0.15, -0.1) is 0 Å². The lowest BCUT2D eigenvalue weighted by atomic mass is 9.91. The number of carbonyl (C=O) groups excluding carboxylic acids is 1. The van der Waals surface area contributed by atoms with Gasteiger partial charge in [-0.3, -0.25) is 4.79 Å². The Morgan fingerprint density at radius 2 is 1.83 bits per heavy atom. The summed E-state index contributed by atoms with van der Waals surface area (Å²) >= 11 is 0. The molecule has 4 nitrogen and oxygen atoms in total. The first kappa shape index (κ1) is 12.4. The van der Waals surface area contributed by atoms with Gasteiger partial charge in [-0.25, -0.2) is 4.79 Å². The van der Waals surface area contributed by atoms with E-state index in [1.54, 1.807) is 0 Å². The number of amides is 1. The van der Waals surface area contributed by atoms with Crippen molar-refractivity contribution in [3.63, 3.8) is 0 Å². The molecule has 0 radical (unpaired) electrons. The molecule has 1 aromatic rings. The number of anilines is 1. The highest BCUT2D eigenvalue weighted by Gasteiger charge is 2.09. The first-order chi connectivity index (χ1) is 8.65. The fourth-order valence-corrected chi connectivity index (χ4v) is 2.14. The molecule has 0 atom stereocenters. The topological polar surface area (TPSA) is 66.4 Å². The van der Waals surface area contributed by atoms with Gasteiger partial charge in [0.1, 0.15) is 0 Å². The van der Waals surface area contributed by atoms with Crippen molar-refractivity contribution in [1.29, 1.82) is 0 Å². The Balaban J connectivity index is 2.06. The summed E-state index contributed by atoms with van der Waals surface area (Å²) < 4.78 is 0. The summed E-state index contributed by atoms with van der Waals surface area (Å²) in [5, 5.41) is 11.1. The van der Waals surface area contributed by atoms with Crippen LogP contribution >= 0.6 is 0 Å². The van der Waals surface area contributed by atoms with Gasteiger partial charge in [0.15, 0.2) is 0 Å². The lowest BCUT2D eigenvalue weighted by molar-refractivity contribution is -0.131. The molecule has 0 unspecified atom stereocenters. The molecule has 0 saturated carbocycles. The van der Waals surface area contributed by atoms with E-state index in [9.17, 15) is 9.59 Å². The number of hydrogen-bond donors (Lipinski definition) is 2. The van der Waals surface area contributed by atoms with Crippen LogP contribution < -0.4 is 5.32 Å². The molecule has 1 aliphatic rings. The minimum atomic E-state index is -1.13. The first-order valence-corrected chi connectivity index (χ1v) is 5.99. The van der Waals surface area contributed by atoms with Crippen molar-refractivity contribution in [1.82, 2.24) is 0 Å². The molecule has 1 amide bonds. The Labute approximate surface area is 105 Å². The highest BCUT2D eigenvalue weighted by molar-refractivity contribution is 6.02. The minimum Gasteiger partial charge on any atom is -0.478 e. The molecular formula is C14H15NO3. The predicted molar refractivity (Wildman–Crippen MR) is 68.5 cm³/mol. The number of nitrogens with one attached hydrogen (secondary N) is 1. The zero-order valence-corrected chi connectivity index (χ0v) is 9.98. The van der Waals surface area contributed by atoms with E-state index < -0.39 is 11.9 Å². The Hall–Kier alpha value is -2.10. The minimum absolute atomic E-state index is 0.423. The number of fused-ring (bicyclic) bond motifs is 1. The smallest absolute Gasteiger partial charge is 0.328 e. The maximum Gasteiger partial charge on any atom is 0.328 e. The standard InChI is InChI=1S/C14H15NO3/c16-13(7-8-14(17)18)15-12-6-5-10-3-1-2-4-11(10)9-12/h5-9H,1-4H2,(H,15,16)(H,17,18)/b8-7+. The lowest BCUT2D eigenvalue weighted by Crippen LogP contribution is -2.10. The van der Waals surface area contributed by atoms with E-state index in [4.69, 9.17) is 5.11 Å². The molecule has 18 heavy (non-hydrogen) atoms. The van der Waals surface area contributed by atoms with E-state index in [1.165, 1.54) is 24.0 Å². The van der Waals surface area contributed by atoms with Gasteiger partial charge in [0, 0.05) is 17.8 Å². The van der Waals surface area contributed by atoms with Crippen LogP contribution in [0.1, 0.15) is 24.0 Å². The first-order valence-electron chi connectivity index (χ1n) is 5.99. The molecule has 0 bridgehead atoms. The quantitative estimate of drug-likeness (QED) is 0.802. The molecule has 4 heteroatoms. The number of carbonyl (C=O) groups is 2. The third-order valence-electron chi connectivity index (χ3n) is 2.99. The number of aliphatic carboxylic acids is 1. The van der Waals surface area contributed by atoms with Crippen LogP contribution in [0.25, 0.3) is 0 Å². The van der Waals surface area contributed by atoms with Crippen LogP contribution in [0, 0.1) is 0 Å². The number of rotatable bonds is 3. The van der Waals surface area contributed by atoms with E-state index in [2.05, 4.69) is 5.32 Å². The monoisotopic (exact) mass is 245 g/mol. The van der Waals surface area contributed by atoms with Gasteiger partial charge in [0.25, 0.3) is 0 Å². The number of benzene rings is 1. The molecule has 2 rings (SSSR count). The Morgan fingerprint density at radius 3 is 2.56 bits per heavy atom. The zero-order chi connectivity index (χ0) is 13.0. The average molecular weight is 245 g/mol. The SMILES string of the molecule is O=C(O)/C=C/C(=O)Nc1ccc2c(c1)CCCC2. The Kier molecular flexibility index (Phi) is 3.77. The summed E-state index contributed by atoms with van der Waals surface area (Å²) in [4.78, 5) is 21.7. The summed E-state index contributed by atoms with van der Waals surface area (Å²) in [6.07, 6.45) is 6.39. The summed E-state index contributed by atoms with van der Waals surface area (Å²) in [7, 11) is 0. The van der Waals surface area contributed by atoms with Crippen LogP contribution in [0.2, 0.25) is 0 Å². The van der Waals surface area contributed by atoms with Gasteiger partial charge in [-0.1, -0.05) is 6.07 Å². The van der Waals surface area contributed by atoms with Crippen LogP contribution in [-0.2, 0) is 22.4 Å². The van der Waals surface area contributed by atoms with Gasteiger partial charge in [0.2, 0.25) is 5.91 Å². The normalized spacial score (nSPS) is 14.2. The maximum absolute atomic E-state index is 11.4. The largest absolute Gasteiger partial charge is 0.478 e. The van der Waals surface area contributed by atoms with Crippen molar-refractivity contribution in [3.8, 4) is 0 Å². The zero-order valence-electron chi connectivity index (χ0n) is 9.98. The summed E-state index contributed by atoms with van der Waals surface area (Å²) in [5.74, 6) is -1.55. The molecule has 0 aliphatic heterocycles. The second kappa shape index (κ2) is 5.49. The summed E-state index contributed by atoms with van der Waals surface area (Å²) in [5.41, 5.74) is 3.34. The summed E-state index contributed by atoms with van der Waals surface area (Å²) in [6, 6.07) is 5.86.